The maximum atomic E-state index is 4.60. The van der Waals surface area contributed by atoms with Gasteiger partial charge in [-0.2, -0.15) is 0 Å². The third-order valence-electron chi connectivity index (χ3n) is 2.78. The van der Waals surface area contributed by atoms with Gasteiger partial charge in [-0.15, -0.1) is 0 Å². The fourth-order valence-corrected chi connectivity index (χ4v) is 2.11. The second-order valence-electron chi connectivity index (χ2n) is 3.85. The number of nitrogens with zero attached hydrogens (tertiary/aromatic N) is 3. The Morgan fingerprint density at radius 1 is 1.42 bits per heavy atom. The van der Waals surface area contributed by atoms with Crippen LogP contribution in [0.1, 0.15) is 12.8 Å². The van der Waals surface area contributed by atoms with Crippen LogP contribution in [0, 0.1) is 0 Å². The zero-order valence-corrected chi connectivity index (χ0v) is 7.95. The molecule has 3 nitrogen and oxygen atoms in total. The lowest BCUT2D eigenvalue weighted by Crippen LogP contribution is -2.40. The van der Waals surface area contributed by atoms with Gasteiger partial charge in [-0.3, -0.25) is 9.89 Å². The molecule has 0 N–H and O–H groups in total. The summed E-state index contributed by atoms with van der Waals surface area (Å²) in [5.41, 5.74) is 0. The predicted octanol–water partition coefficient (Wildman–Crippen LogP) is 0.424. The van der Waals surface area contributed by atoms with Gasteiger partial charge < -0.3 is 4.90 Å². The van der Waals surface area contributed by atoms with Crippen LogP contribution in [0.25, 0.3) is 0 Å². The molecule has 1 atom stereocenters. The lowest BCUT2D eigenvalue weighted by molar-refractivity contribution is 0.362. The van der Waals surface area contributed by atoms with E-state index in [2.05, 4.69) is 28.9 Å². The van der Waals surface area contributed by atoms with Crippen molar-refractivity contribution in [1.82, 2.24) is 9.80 Å². The van der Waals surface area contributed by atoms with Gasteiger partial charge in [0.15, 0.2) is 0 Å². The number of hydrogen-bond donors (Lipinski definition) is 0. The molecule has 2 heterocycles. The molecule has 0 spiro atoms. The highest BCUT2D eigenvalue weighted by Gasteiger charge is 2.31. The third-order valence-corrected chi connectivity index (χ3v) is 2.78. The maximum Gasteiger partial charge on any atom is 0.116 e. The number of aliphatic imine (C=N–C) groups is 1. The molecule has 2 rings (SSSR count). The van der Waals surface area contributed by atoms with Gasteiger partial charge in [0.1, 0.15) is 5.84 Å². The fraction of sp³-hybridized carbons (Fsp3) is 0.889. The second kappa shape index (κ2) is 3.05. The first kappa shape index (κ1) is 8.05. The van der Waals surface area contributed by atoms with Gasteiger partial charge >= 0.3 is 0 Å². The van der Waals surface area contributed by atoms with E-state index in [1.165, 1.54) is 31.8 Å². The van der Waals surface area contributed by atoms with Crippen molar-refractivity contribution in [2.45, 2.75) is 18.9 Å². The zero-order chi connectivity index (χ0) is 8.55. The van der Waals surface area contributed by atoms with Gasteiger partial charge in [0, 0.05) is 19.6 Å². The summed E-state index contributed by atoms with van der Waals surface area (Å²) in [5.74, 6) is 1.34. The van der Waals surface area contributed by atoms with Crippen LogP contribution in [0.15, 0.2) is 4.99 Å². The Balaban J connectivity index is 2.14. The molecule has 0 aliphatic carbocycles. The van der Waals surface area contributed by atoms with E-state index in [4.69, 9.17) is 0 Å². The van der Waals surface area contributed by atoms with Gasteiger partial charge in [-0.25, -0.2) is 0 Å². The molecule has 0 bridgehead atoms. The van der Waals surface area contributed by atoms with Gasteiger partial charge in [-0.1, -0.05) is 0 Å². The minimum Gasteiger partial charge on any atom is -0.359 e. The second-order valence-corrected chi connectivity index (χ2v) is 3.85. The number of amidine groups is 1. The topological polar surface area (TPSA) is 18.8 Å². The van der Waals surface area contributed by atoms with Crippen molar-refractivity contribution in [1.29, 1.82) is 0 Å². The maximum absolute atomic E-state index is 4.60. The van der Waals surface area contributed by atoms with Crippen LogP contribution in [0.3, 0.4) is 0 Å². The number of fused-ring (bicyclic) bond motifs is 1. The third kappa shape index (κ3) is 1.22. The van der Waals surface area contributed by atoms with E-state index in [0.29, 0.717) is 6.04 Å². The molecule has 0 amide bonds. The lowest BCUT2D eigenvalue weighted by atomic mass is 10.2. The average molecular weight is 167 g/mol. The Morgan fingerprint density at radius 3 is 3.00 bits per heavy atom. The van der Waals surface area contributed by atoms with Crippen LogP contribution in [0.2, 0.25) is 0 Å². The Morgan fingerprint density at radius 2 is 2.25 bits per heavy atom. The smallest absolute Gasteiger partial charge is 0.116 e. The Kier molecular flexibility index (Phi) is 2.05. The summed E-state index contributed by atoms with van der Waals surface area (Å²) in [7, 11) is 4.29. The Bertz CT molecular complexity index is 198. The van der Waals surface area contributed by atoms with Crippen molar-refractivity contribution in [2.75, 3.05) is 33.7 Å². The summed E-state index contributed by atoms with van der Waals surface area (Å²) in [6.07, 6.45) is 2.50. The largest absolute Gasteiger partial charge is 0.359 e. The standard InChI is InChI=1S/C9H17N3/c1-11(2)8-4-7-12-6-3-5-10-9(8)12/h8H,3-7H2,1-2H3. The van der Waals surface area contributed by atoms with Crippen LogP contribution in [-0.2, 0) is 0 Å². The number of hydrogen-bond acceptors (Lipinski definition) is 3. The molecule has 1 unspecified atom stereocenters. The molecule has 0 saturated carbocycles. The van der Waals surface area contributed by atoms with Crippen molar-refractivity contribution < 1.29 is 0 Å². The van der Waals surface area contributed by atoms with E-state index >= 15 is 0 Å². The summed E-state index contributed by atoms with van der Waals surface area (Å²) in [6, 6.07) is 0.588. The molecule has 0 aromatic carbocycles. The van der Waals surface area contributed by atoms with Crippen molar-refractivity contribution in [3.63, 3.8) is 0 Å². The van der Waals surface area contributed by atoms with E-state index < -0.39 is 0 Å². The van der Waals surface area contributed by atoms with Gasteiger partial charge in [-0.05, 0) is 26.9 Å². The van der Waals surface area contributed by atoms with Gasteiger partial charge in [0.2, 0.25) is 0 Å². The first-order valence-electron chi connectivity index (χ1n) is 4.75. The summed E-state index contributed by atoms with van der Waals surface area (Å²) in [4.78, 5) is 9.32. The van der Waals surface area contributed by atoms with Crippen molar-refractivity contribution in [3.05, 3.63) is 0 Å². The minimum atomic E-state index is 0.588. The quantitative estimate of drug-likeness (QED) is 0.564. The first-order valence-corrected chi connectivity index (χ1v) is 4.75. The molecule has 2 aliphatic rings. The molecular weight excluding hydrogens is 150 g/mol. The summed E-state index contributed by atoms with van der Waals surface area (Å²) in [6.45, 7) is 3.47. The van der Waals surface area contributed by atoms with E-state index in [1.54, 1.807) is 0 Å². The fourth-order valence-electron chi connectivity index (χ4n) is 2.11. The number of rotatable bonds is 1. The van der Waals surface area contributed by atoms with Gasteiger partial charge in [0.05, 0.1) is 6.04 Å². The van der Waals surface area contributed by atoms with Crippen LogP contribution < -0.4 is 0 Å². The van der Waals surface area contributed by atoms with E-state index in [-0.39, 0.29) is 0 Å². The van der Waals surface area contributed by atoms with E-state index in [0.717, 1.165) is 6.54 Å². The molecule has 68 valence electrons. The highest BCUT2D eigenvalue weighted by molar-refractivity contribution is 5.89. The molecule has 1 saturated heterocycles. The zero-order valence-electron chi connectivity index (χ0n) is 7.95. The molecular formula is C9H17N3. The Hall–Kier alpha value is -0.570. The minimum absolute atomic E-state index is 0.588. The molecule has 1 fully saturated rings. The molecule has 3 heteroatoms. The summed E-state index contributed by atoms with van der Waals surface area (Å²) in [5, 5.41) is 0. The number of likely N-dealkylation sites (N-methyl/N-ethyl adjacent to an activating group) is 1. The molecule has 2 aliphatic heterocycles. The highest BCUT2D eigenvalue weighted by Crippen LogP contribution is 2.19. The first-order chi connectivity index (χ1) is 5.79. The van der Waals surface area contributed by atoms with E-state index in [9.17, 15) is 0 Å². The lowest BCUT2D eigenvalue weighted by Gasteiger charge is -2.27. The molecule has 0 radical (unpaired) electrons. The van der Waals surface area contributed by atoms with Crippen LogP contribution in [-0.4, -0.2) is 55.4 Å². The SMILES string of the molecule is CN(C)C1CCN2CCCN=C12. The summed E-state index contributed by atoms with van der Waals surface area (Å²) >= 11 is 0. The van der Waals surface area contributed by atoms with Crippen molar-refractivity contribution in [2.24, 2.45) is 4.99 Å². The average Bonchev–Trinajstić information content (AvgIpc) is 2.47. The molecule has 0 aromatic heterocycles. The summed E-state index contributed by atoms with van der Waals surface area (Å²) < 4.78 is 0. The van der Waals surface area contributed by atoms with Crippen LogP contribution in [0.4, 0.5) is 0 Å². The van der Waals surface area contributed by atoms with Gasteiger partial charge in [0.25, 0.3) is 0 Å². The van der Waals surface area contributed by atoms with Crippen LogP contribution in [0.5, 0.6) is 0 Å². The molecule has 12 heavy (non-hydrogen) atoms. The Labute approximate surface area is 74.1 Å². The van der Waals surface area contributed by atoms with Crippen molar-refractivity contribution in [3.8, 4) is 0 Å². The predicted molar refractivity (Wildman–Crippen MR) is 50.6 cm³/mol. The normalized spacial score (nSPS) is 29.1. The monoisotopic (exact) mass is 167 g/mol. The van der Waals surface area contributed by atoms with E-state index in [1.807, 2.05) is 0 Å². The highest BCUT2D eigenvalue weighted by atomic mass is 15.3. The molecule has 0 aromatic rings. The van der Waals surface area contributed by atoms with Crippen LogP contribution >= 0.6 is 0 Å². The van der Waals surface area contributed by atoms with Crippen molar-refractivity contribution >= 4 is 5.84 Å².